The van der Waals surface area contributed by atoms with Crippen LogP contribution in [-0.2, 0) is 0 Å². The topological polar surface area (TPSA) is 43.7 Å². The van der Waals surface area contributed by atoms with Crippen LogP contribution >= 0.6 is 0 Å². The number of nitrogens with zero attached hydrogens (tertiary/aromatic N) is 1. The zero-order chi connectivity index (χ0) is 7.28. The van der Waals surface area contributed by atoms with E-state index >= 15 is 0 Å². The van der Waals surface area contributed by atoms with Gasteiger partial charge in [0.15, 0.2) is 0 Å². The zero-order valence-electron chi connectivity index (χ0n) is 6.04. The maximum atomic E-state index is 8.96. The van der Waals surface area contributed by atoms with Crippen LogP contribution in [0.25, 0.3) is 0 Å². The van der Waals surface area contributed by atoms with Gasteiger partial charge in [0.1, 0.15) is 6.23 Å². The highest BCUT2D eigenvalue weighted by atomic mass is 16.3. The molecule has 1 unspecified atom stereocenters. The van der Waals surface area contributed by atoms with E-state index in [1.54, 1.807) is 11.8 Å². The number of aliphatic hydroxyl groups is 2. The maximum Gasteiger partial charge on any atom is 0.104 e. The van der Waals surface area contributed by atoms with Crippen molar-refractivity contribution in [1.82, 2.24) is 4.90 Å². The molecule has 0 fully saturated rings. The summed E-state index contributed by atoms with van der Waals surface area (Å²) in [7, 11) is 0. The largest absolute Gasteiger partial charge is 0.395 e. The fourth-order valence-corrected chi connectivity index (χ4v) is 0.738. The van der Waals surface area contributed by atoms with Crippen LogP contribution in [0.1, 0.15) is 13.8 Å². The van der Waals surface area contributed by atoms with E-state index in [1.807, 2.05) is 6.92 Å². The standard InChI is InChI=1S/C6H15NO2/c1-3-7(4-5-8)6(2)9/h6,8-9H,3-5H2,1-2H3. The third-order valence-electron chi connectivity index (χ3n) is 1.32. The minimum Gasteiger partial charge on any atom is -0.395 e. The molecule has 0 saturated carbocycles. The van der Waals surface area contributed by atoms with E-state index in [-0.39, 0.29) is 6.61 Å². The first-order valence-electron chi connectivity index (χ1n) is 3.25. The zero-order valence-corrected chi connectivity index (χ0v) is 6.04. The Kier molecular flexibility index (Phi) is 4.67. The number of hydrogen-bond donors (Lipinski definition) is 2. The van der Waals surface area contributed by atoms with Gasteiger partial charge in [0, 0.05) is 6.54 Å². The first kappa shape index (κ1) is 8.88. The molecule has 0 aliphatic rings. The molecule has 0 aromatic rings. The van der Waals surface area contributed by atoms with Gasteiger partial charge < -0.3 is 10.2 Å². The van der Waals surface area contributed by atoms with Gasteiger partial charge in [0.25, 0.3) is 0 Å². The summed E-state index contributed by atoms with van der Waals surface area (Å²) in [6.45, 7) is 5.08. The highest BCUT2D eigenvalue weighted by molar-refractivity contribution is 4.52. The fraction of sp³-hybridized carbons (Fsp3) is 1.00. The smallest absolute Gasteiger partial charge is 0.104 e. The van der Waals surface area contributed by atoms with Crippen LogP contribution in [0.15, 0.2) is 0 Å². The van der Waals surface area contributed by atoms with Crippen molar-refractivity contribution in [2.75, 3.05) is 19.7 Å². The number of likely N-dealkylation sites (N-methyl/N-ethyl adjacent to an activating group) is 1. The van der Waals surface area contributed by atoms with Crippen LogP contribution in [0.2, 0.25) is 0 Å². The van der Waals surface area contributed by atoms with Crippen molar-refractivity contribution in [3.63, 3.8) is 0 Å². The molecule has 0 aromatic carbocycles. The SMILES string of the molecule is CCN(CCO)C(C)O. The third kappa shape index (κ3) is 3.46. The van der Waals surface area contributed by atoms with Gasteiger partial charge in [-0.2, -0.15) is 0 Å². The summed E-state index contributed by atoms with van der Waals surface area (Å²) in [5.41, 5.74) is 0. The van der Waals surface area contributed by atoms with Gasteiger partial charge in [-0.05, 0) is 13.5 Å². The average Bonchev–Trinajstić information content (AvgIpc) is 1.82. The Morgan fingerprint density at radius 2 is 2.11 bits per heavy atom. The molecule has 0 rings (SSSR count). The molecule has 0 aliphatic carbocycles. The van der Waals surface area contributed by atoms with Crippen molar-refractivity contribution in [1.29, 1.82) is 0 Å². The van der Waals surface area contributed by atoms with Crippen LogP contribution < -0.4 is 0 Å². The second-order valence-corrected chi connectivity index (χ2v) is 1.98. The lowest BCUT2D eigenvalue weighted by molar-refractivity contribution is 0.0123. The molecule has 0 heterocycles. The van der Waals surface area contributed by atoms with Crippen molar-refractivity contribution in [3.05, 3.63) is 0 Å². The molecule has 0 radical (unpaired) electrons. The van der Waals surface area contributed by atoms with E-state index in [2.05, 4.69) is 0 Å². The maximum absolute atomic E-state index is 8.96. The van der Waals surface area contributed by atoms with Gasteiger partial charge in [0.05, 0.1) is 6.61 Å². The second-order valence-electron chi connectivity index (χ2n) is 1.98. The number of hydrogen-bond acceptors (Lipinski definition) is 3. The van der Waals surface area contributed by atoms with Crippen molar-refractivity contribution < 1.29 is 10.2 Å². The van der Waals surface area contributed by atoms with Gasteiger partial charge in [-0.3, -0.25) is 4.90 Å². The minimum absolute atomic E-state index is 0.110. The normalized spacial score (nSPS) is 14.3. The van der Waals surface area contributed by atoms with Crippen LogP contribution in [-0.4, -0.2) is 41.0 Å². The molecule has 3 heteroatoms. The van der Waals surface area contributed by atoms with E-state index in [0.29, 0.717) is 6.54 Å². The Labute approximate surface area is 55.9 Å². The Morgan fingerprint density at radius 3 is 2.22 bits per heavy atom. The molecular formula is C6H15NO2. The minimum atomic E-state index is -0.442. The molecule has 0 aromatic heterocycles. The van der Waals surface area contributed by atoms with Crippen molar-refractivity contribution in [3.8, 4) is 0 Å². The quantitative estimate of drug-likeness (QED) is 0.515. The Hall–Kier alpha value is -0.120. The van der Waals surface area contributed by atoms with Crippen molar-refractivity contribution in [2.45, 2.75) is 20.1 Å². The second kappa shape index (κ2) is 4.73. The lowest BCUT2D eigenvalue weighted by Gasteiger charge is -2.21. The summed E-state index contributed by atoms with van der Waals surface area (Å²) >= 11 is 0. The predicted molar refractivity (Wildman–Crippen MR) is 36.0 cm³/mol. The molecule has 1 atom stereocenters. The highest BCUT2D eigenvalue weighted by Crippen LogP contribution is 1.91. The molecule has 2 N–H and O–H groups in total. The summed E-state index contributed by atoms with van der Waals surface area (Å²) in [6.07, 6.45) is -0.442. The van der Waals surface area contributed by atoms with Gasteiger partial charge in [0.2, 0.25) is 0 Å². The van der Waals surface area contributed by atoms with Gasteiger partial charge >= 0.3 is 0 Å². The van der Waals surface area contributed by atoms with E-state index in [9.17, 15) is 0 Å². The summed E-state index contributed by atoms with van der Waals surface area (Å²) in [5.74, 6) is 0. The first-order chi connectivity index (χ1) is 4.22. The molecule has 56 valence electrons. The Bertz CT molecular complexity index is 66.1. The lowest BCUT2D eigenvalue weighted by atomic mass is 10.4. The molecule has 0 spiro atoms. The van der Waals surface area contributed by atoms with Gasteiger partial charge in [-0.15, -0.1) is 0 Å². The molecule has 0 saturated heterocycles. The fourth-order valence-electron chi connectivity index (χ4n) is 0.738. The molecule has 0 bridgehead atoms. The van der Waals surface area contributed by atoms with Gasteiger partial charge in [-0.1, -0.05) is 6.92 Å². The highest BCUT2D eigenvalue weighted by Gasteiger charge is 2.05. The van der Waals surface area contributed by atoms with Crippen LogP contribution in [0.3, 0.4) is 0 Å². The van der Waals surface area contributed by atoms with E-state index in [1.165, 1.54) is 0 Å². The van der Waals surface area contributed by atoms with Crippen molar-refractivity contribution >= 4 is 0 Å². The van der Waals surface area contributed by atoms with E-state index in [4.69, 9.17) is 10.2 Å². The predicted octanol–water partition coefficient (Wildman–Crippen LogP) is -0.361. The Balaban J connectivity index is 3.41. The summed E-state index contributed by atoms with van der Waals surface area (Å²) < 4.78 is 0. The molecule has 0 aliphatic heterocycles. The first-order valence-corrected chi connectivity index (χ1v) is 3.25. The van der Waals surface area contributed by atoms with Crippen molar-refractivity contribution in [2.24, 2.45) is 0 Å². The van der Waals surface area contributed by atoms with E-state index < -0.39 is 6.23 Å². The van der Waals surface area contributed by atoms with Crippen LogP contribution in [0.5, 0.6) is 0 Å². The summed E-state index contributed by atoms with van der Waals surface area (Å²) in [5, 5.41) is 17.4. The molecule has 3 nitrogen and oxygen atoms in total. The van der Waals surface area contributed by atoms with Crippen LogP contribution in [0, 0.1) is 0 Å². The molecular weight excluding hydrogens is 118 g/mol. The number of rotatable bonds is 4. The summed E-state index contributed by atoms with van der Waals surface area (Å²) in [6, 6.07) is 0. The third-order valence-corrected chi connectivity index (χ3v) is 1.32. The monoisotopic (exact) mass is 133 g/mol. The molecule has 0 amide bonds. The van der Waals surface area contributed by atoms with E-state index in [0.717, 1.165) is 6.54 Å². The lowest BCUT2D eigenvalue weighted by Crippen LogP contribution is -2.34. The van der Waals surface area contributed by atoms with Crippen LogP contribution in [0.4, 0.5) is 0 Å². The molecule has 9 heavy (non-hydrogen) atoms. The average molecular weight is 133 g/mol. The summed E-state index contributed by atoms with van der Waals surface area (Å²) in [4.78, 5) is 1.78. The number of aliphatic hydroxyl groups excluding tert-OH is 2. The van der Waals surface area contributed by atoms with Gasteiger partial charge in [-0.25, -0.2) is 0 Å². The Morgan fingerprint density at radius 1 is 1.56 bits per heavy atom.